The summed E-state index contributed by atoms with van der Waals surface area (Å²) in [6.45, 7) is 0. The number of carbonyl (C=O) groups is 1. The van der Waals surface area contributed by atoms with Gasteiger partial charge in [-0.2, -0.15) is 0 Å². The molecule has 6 heteroatoms. The summed E-state index contributed by atoms with van der Waals surface area (Å²) in [5.41, 5.74) is -0.212. The average molecular weight is 268 g/mol. The number of aromatic nitrogens is 1. The van der Waals surface area contributed by atoms with Gasteiger partial charge in [-0.05, 0) is 18.9 Å². The monoisotopic (exact) mass is 268 g/mol. The molecule has 1 saturated carbocycles. The van der Waals surface area contributed by atoms with Crippen LogP contribution in [0.15, 0.2) is 12.3 Å². The van der Waals surface area contributed by atoms with Gasteiger partial charge in [-0.15, -0.1) is 0 Å². The van der Waals surface area contributed by atoms with Gasteiger partial charge in [0.25, 0.3) is 0 Å². The predicted molar refractivity (Wildman–Crippen MR) is 67.7 cm³/mol. The molecular formula is C13H17FN2O3. The zero-order valence-corrected chi connectivity index (χ0v) is 10.5. The van der Waals surface area contributed by atoms with Crippen LogP contribution in [-0.2, 0) is 0 Å². The molecule has 0 bridgehead atoms. The topological polar surface area (TPSA) is 82.5 Å². The number of hydrogen-bond acceptors (Lipinski definition) is 4. The number of aliphatic hydroxyl groups excluding tert-OH is 1. The van der Waals surface area contributed by atoms with Crippen LogP contribution in [0.1, 0.15) is 42.5 Å². The van der Waals surface area contributed by atoms with Crippen molar-refractivity contribution in [3.8, 4) is 0 Å². The molecule has 104 valence electrons. The van der Waals surface area contributed by atoms with Crippen LogP contribution < -0.4 is 5.32 Å². The Labute approximate surface area is 110 Å². The van der Waals surface area contributed by atoms with E-state index in [1.807, 2.05) is 0 Å². The van der Waals surface area contributed by atoms with Crippen molar-refractivity contribution in [3.63, 3.8) is 0 Å². The van der Waals surface area contributed by atoms with E-state index < -0.39 is 17.9 Å². The molecule has 1 aromatic heterocycles. The SMILES string of the molecule is O=C(O)c1cc(F)cnc1NC1CCCCCC1O. The fraction of sp³-hybridized carbons (Fsp3) is 0.538. The highest BCUT2D eigenvalue weighted by Gasteiger charge is 2.24. The number of carboxylic acid groups (broad SMARTS) is 1. The molecule has 2 rings (SSSR count). The number of nitrogens with one attached hydrogen (secondary N) is 1. The highest BCUT2D eigenvalue weighted by atomic mass is 19.1. The smallest absolute Gasteiger partial charge is 0.339 e. The minimum absolute atomic E-state index is 0.111. The molecule has 5 nitrogen and oxygen atoms in total. The summed E-state index contributed by atoms with van der Waals surface area (Å²) in [5, 5.41) is 22.0. The van der Waals surface area contributed by atoms with Gasteiger partial charge in [0.15, 0.2) is 0 Å². The Kier molecular flexibility index (Phi) is 4.31. The third-order valence-electron chi connectivity index (χ3n) is 3.39. The lowest BCUT2D eigenvalue weighted by molar-refractivity contribution is 0.0696. The summed E-state index contributed by atoms with van der Waals surface area (Å²) >= 11 is 0. The summed E-state index contributed by atoms with van der Waals surface area (Å²) in [6.07, 6.45) is 4.85. The first kappa shape index (κ1) is 13.7. The number of rotatable bonds is 3. The normalized spacial score (nSPS) is 23.7. The van der Waals surface area contributed by atoms with Gasteiger partial charge >= 0.3 is 5.97 Å². The summed E-state index contributed by atoms with van der Waals surface area (Å²) in [4.78, 5) is 14.8. The van der Waals surface area contributed by atoms with Gasteiger partial charge in [-0.25, -0.2) is 14.2 Å². The molecule has 19 heavy (non-hydrogen) atoms. The third-order valence-corrected chi connectivity index (χ3v) is 3.39. The maximum Gasteiger partial charge on any atom is 0.339 e. The van der Waals surface area contributed by atoms with Gasteiger partial charge in [0.2, 0.25) is 0 Å². The van der Waals surface area contributed by atoms with Crippen LogP contribution in [0.5, 0.6) is 0 Å². The lowest BCUT2D eigenvalue weighted by Gasteiger charge is -2.23. The molecule has 1 aliphatic rings. The van der Waals surface area contributed by atoms with Crippen molar-refractivity contribution in [2.24, 2.45) is 0 Å². The zero-order valence-electron chi connectivity index (χ0n) is 10.5. The Balaban J connectivity index is 2.19. The first-order chi connectivity index (χ1) is 9.08. The van der Waals surface area contributed by atoms with E-state index in [0.29, 0.717) is 6.42 Å². The van der Waals surface area contributed by atoms with Crippen LogP contribution in [0, 0.1) is 5.82 Å². The van der Waals surface area contributed by atoms with Gasteiger partial charge in [-0.1, -0.05) is 19.3 Å². The summed E-state index contributed by atoms with van der Waals surface area (Å²) in [7, 11) is 0. The van der Waals surface area contributed by atoms with Crippen molar-refractivity contribution < 1.29 is 19.4 Å². The molecule has 2 atom stereocenters. The lowest BCUT2D eigenvalue weighted by atomic mass is 10.1. The van der Waals surface area contributed by atoms with Crippen molar-refractivity contribution in [1.82, 2.24) is 4.98 Å². The van der Waals surface area contributed by atoms with Crippen LogP contribution in [-0.4, -0.2) is 33.3 Å². The molecule has 0 aromatic carbocycles. The predicted octanol–water partition coefficient (Wildman–Crippen LogP) is 2.02. The van der Waals surface area contributed by atoms with Crippen molar-refractivity contribution >= 4 is 11.8 Å². The minimum Gasteiger partial charge on any atom is -0.478 e. The molecule has 0 amide bonds. The maximum absolute atomic E-state index is 13.0. The molecule has 0 saturated heterocycles. The molecule has 0 radical (unpaired) electrons. The number of aromatic carboxylic acids is 1. The largest absolute Gasteiger partial charge is 0.478 e. The van der Waals surface area contributed by atoms with Crippen LogP contribution in [0.25, 0.3) is 0 Å². The number of anilines is 1. The molecule has 0 aliphatic heterocycles. The summed E-state index contributed by atoms with van der Waals surface area (Å²) < 4.78 is 13.0. The molecular weight excluding hydrogens is 251 g/mol. The van der Waals surface area contributed by atoms with E-state index >= 15 is 0 Å². The van der Waals surface area contributed by atoms with Crippen LogP contribution in [0.4, 0.5) is 10.2 Å². The van der Waals surface area contributed by atoms with Crippen LogP contribution >= 0.6 is 0 Å². The van der Waals surface area contributed by atoms with Crippen molar-refractivity contribution in [1.29, 1.82) is 0 Å². The van der Waals surface area contributed by atoms with Gasteiger partial charge in [0.1, 0.15) is 17.2 Å². The molecule has 1 fully saturated rings. The first-order valence-corrected chi connectivity index (χ1v) is 6.41. The van der Waals surface area contributed by atoms with E-state index in [4.69, 9.17) is 5.11 Å². The van der Waals surface area contributed by atoms with Crippen LogP contribution in [0.2, 0.25) is 0 Å². The lowest BCUT2D eigenvalue weighted by Crippen LogP contribution is -2.33. The molecule has 1 aliphatic carbocycles. The molecule has 1 aromatic rings. The summed E-state index contributed by atoms with van der Waals surface area (Å²) in [5.74, 6) is -1.82. The van der Waals surface area contributed by atoms with E-state index in [0.717, 1.165) is 37.9 Å². The average Bonchev–Trinajstić information content (AvgIpc) is 2.57. The number of pyridine rings is 1. The maximum atomic E-state index is 13.0. The minimum atomic E-state index is -1.24. The van der Waals surface area contributed by atoms with E-state index in [-0.39, 0.29) is 17.4 Å². The fourth-order valence-electron chi connectivity index (χ4n) is 2.35. The fourth-order valence-corrected chi connectivity index (χ4v) is 2.35. The van der Waals surface area contributed by atoms with Gasteiger partial charge in [-0.3, -0.25) is 0 Å². The van der Waals surface area contributed by atoms with Gasteiger partial charge in [0.05, 0.1) is 18.3 Å². The molecule has 2 unspecified atom stereocenters. The van der Waals surface area contributed by atoms with E-state index in [9.17, 15) is 14.3 Å². The number of nitrogens with zero attached hydrogens (tertiary/aromatic N) is 1. The molecule has 0 spiro atoms. The number of halogens is 1. The number of hydrogen-bond donors (Lipinski definition) is 3. The van der Waals surface area contributed by atoms with Gasteiger partial charge < -0.3 is 15.5 Å². The first-order valence-electron chi connectivity index (χ1n) is 6.41. The second kappa shape index (κ2) is 5.97. The van der Waals surface area contributed by atoms with E-state index in [1.165, 1.54) is 0 Å². The molecule has 1 heterocycles. The standard InChI is InChI=1S/C13H17FN2O3/c14-8-6-9(13(18)19)12(15-7-8)16-10-4-2-1-3-5-11(10)17/h6-7,10-11,17H,1-5H2,(H,15,16)(H,18,19). The summed E-state index contributed by atoms with van der Waals surface area (Å²) in [6, 6.07) is 0.694. The zero-order chi connectivity index (χ0) is 13.8. The Hall–Kier alpha value is -1.69. The third kappa shape index (κ3) is 3.41. The quantitative estimate of drug-likeness (QED) is 0.731. The van der Waals surface area contributed by atoms with Crippen molar-refractivity contribution in [3.05, 3.63) is 23.6 Å². The number of aliphatic hydroxyl groups is 1. The second-order valence-electron chi connectivity index (χ2n) is 4.81. The molecule has 3 N–H and O–H groups in total. The van der Waals surface area contributed by atoms with Crippen LogP contribution in [0.3, 0.4) is 0 Å². The Bertz CT molecular complexity index is 467. The Morgan fingerprint density at radius 3 is 2.84 bits per heavy atom. The highest BCUT2D eigenvalue weighted by Crippen LogP contribution is 2.23. The van der Waals surface area contributed by atoms with Gasteiger partial charge in [0, 0.05) is 0 Å². The van der Waals surface area contributed by atoms with E-state index in [1.54, 1.807) is 0 Å². The van der Waals surface area contributed by atoms with E-state index in [2.05, 4.69) is 10.3 Å². The van der Waals surface area contributed by atoms with Crippen molar-refractivity contribution in [2.75, 3.05) is 5.32 Å². The number of carboxylic acids is 1. The second-order valence-corrected chi connectivity index (χ2v) is 4.81. The Morgan fingerprint density at radius 1 is 1.37 bits per heavy atom. The Morgan fingerprint density at radius 2 is 2.11 bits per heavy atom. The van der Waals surface area contributed by atoms with Crippen molar-refractivity contribution in [2.45, 2.75) is 44.2 Å². The highest BCUT2D eigenvalue weighted by molar-refractivity contribution is 5.93.